The van der Waals surface area contributed by atoms with E-state index < -0.39 is 15.9 Å². The molecular weight excluding hydrogens is 392 g/mol. The maximum atomic E-state index is 12.6. The first-order valence-corrected chi connectivity index (χ1v) is 9.98. The van der Waals surface area contributed by atoms with E-state index in [2.05, 4.69) is 5.32 Å². The van der Waals surface area contributed by atoms with Gasteiger partial charge in [-0.25, -0.2) is 8.42 Å². The number of rotatable bonds is 8. The third-order valence-electron chi connectivity index (χ3n) is 3.64. The zero-order chi connectivity index (χ0) is 20.0. The van der Waals surface area contributed by atoms with Gasteiger partial charge >= 0.3 is 0 Å². The molecule has 7 nitrogen and oxygen atoms in total. The van der Waals surface area contributed by atoms with Gasteiger partial charge in [0.25, 0.3) is 15.9 Å². The first kappa shape index (κ1) is 21.2. The second-order valence-electron chi connectivity index (χ2n) is 5.57. The van der Waals surface area contributed by atoms with Crippen LogP contribution in [0, 0.1) is 0 Å². The second-order valence-corrected chi connectivity index (χ2v) is 7.94. The van der Waals surface area contributed by atoms with E-state index in [0.717, 1.165) is 10.9 Å². The maximum absolute atomic E-state index is 12.6. The zero-order valence-corrected chi connectivity index (χ0v) is 16.8. The number of benzene rings is 2. The third kappa shape index (κ3) is 5.20. The molecule has 9 heteroatoms. The number of halogens is 1. The van der Waals surface area contributed by atoms with Gasteiger partial charge in [0.2, 0.25) is 0 Å². The lowest BCUT2D eigenvalue weighted by Gasteiger charge is -2.15. The van der Waals surface area contributed by atoms with E-state index in [1.54, 1.807) is 18.2 Å². The zero-order valence-electron chi connectivity index (χ0n) is 15.2. The lowest BCUT2D eigenvalue weighted by molar-refractivity contribution is -0.0258. The molecule has 0 bridgehead atoms. The Balaban J connectivity index is 2.30. The summed E-state index contributed by atoms with van der Waals surface area (Å²) in [4.78, 5) is 17.3. The molecule has 1 N–H and O–H groups in total. The van der Waals surface area contributed by atoms with E-state index in [1.165, 1.54) is 38.4 Å². The van der Waals surface area contributed by atoms with E-state index in [4.69, 9.17) is 21.2 Å². The van der Waals surface area contributed by atoms with Crippen molar-refractivity contribution < 1.29 is 22.8 Å². The maximum Gasteiger partial charge on any atom is 0.264 e. The van der Waals surface area contributed by atoms with Gasteiger partial charge in [0.1, 0.15) is 5.75 Å². The summed E-state index contributed by atoms with van der Waals surface area (Å²) >= 11 is 6.01. The Bertz CT molecular complexity index is 918. The Labute approximate surface area is 163 Å². The molecule has 1 amide bonds. The van der Waals surface area contributed by atoms with Crippen molar-refractivity contribution in [1.29, 1.82) is 0 Å². The average Bonchev–Trinajstić information content (AvgIpc) is 2.66. The van der Waals surface area contributed by atoms with Crippen molar-refractivity contribution in [2.24, 2.45) is 0 Å². The summed E-state index contributed by atoms with van der Waals surface area (Å²) < 4.78 is 31.0. The van der Waals surface area contributed by atoms with E-state index in [-0.39, 0.29) is 10.5 Å². The SMILES string of the molecule is CCCOc1ccc(Cl)cc1NC(=O)c1cccc(S(=O)(=O)N(C)OC)c1. The van der Waals surface area contributed by atoms with Crippen molar-refractivity contribution >= 4 is 33.2 Å². The van der Waals surface area contributed by atoms with Crippen LogP contribution in [0.2, 0.25) is 5.02 Å². The minimum absolute atomic E-state index is 0.0620. The number of hydrogen-bond donors (Lipinski definition) is 1. The molecule has 0 saturated carbocycles. The highest BCUT2D eigenvalue weighted by Crippen LogP contribution is 2.29. The predicted molar refractivity (Wildman–Crippen MR) is 104 cm³/mol. The summed E-state index contributed by atoms with van der Waals surface area (Å²) in [5.41, 5.74) is 0.574. The Kier molecular flexibility index (Phi) is 7.20. The standard InChI is InChI=1S/C18H21ClN2O5S/c1-4-10-26-17-9-8-14(19)12-16(17)20-18(22)13-6-5-7-15(11-13)27(23,24)21(2)25-3/h5-9,11-12H,4,10H2,1-3H3,(H,20,22). The average molecular weight is 413 g/mol. The summed E-state index contributed by atoms with van der Waals surface area (Å²) in [6, 6.07) is 10.6. The lowest BCUT2D eigenvalue weighted by Crippen LogP contribution is -2.26. The molecular formula is C18H21ClN2O5S. The minimum Gasteiger partial charge on any atom is -0.491 e. The first-order valence-electron chi connectivity index (χ1n) is 8.16. The van der Waals surface area contributed by atoms with Crippen molar-refractivity contribution in [3.05, 3.63) is 53.1 Å². The Morgan fingerprint density at radius 2 is 1.96 bits per heavy atom. The molecule has 0 unspecified atom stereocenters. The number of anilines is 1. The molecule has 2 rings (SSSR count). The fraction of sp³-hybridized carbons (Fsp3) is 0.278. The number of carbonyl (C=O) groups excluding carboxylic acids is 1. The summed E-state index contributed by atoms with van der Waals surface area (Å²) in [5, 5.41) is 3.15. The number of hydroxylamine groups is 1. The number of nitrogens with one attached hydrogen (secondary N) is 1. The Morgan fingerprint density at radius 1 is 1.22 bits per heavy atom. The normalized spacial score (nSPS) is 11.4. The van der Waals surface area contributed by atoms with Gasteiger partial charge in [-0.1, -0.05) is 29.1 Å². The quantitative estimate of drug-likeness (QED) is 0.670. The molecule has 0 fully saturated rings. The smallest absolute Gasteiger partial charge is 0.264 e. The van der Waals surface area contributed by atoms with Gasteiger partial charge in [-0.3, -0.25) is 9.63 Å². The molecule has 2 aromatic carbocycles. The topological polar surface area (TPSA) is 84.9 Å². The number of carbonyl (C=O) groups is 1. The fourth-order valence-electron chi connectivity index (χ4n) is 2.18. The van der Waals surface area contributed by atoms with Gasteiger partial charge in [0.15, 0.2) is 0 Å². The van der Waals surface area contributed by atoms with Gasteiger partial charge in [-0.05, 0) is 42.8 Å². The number of amides is 1. The number of nitrogens with zero attached hydrogens (tertiary/aromatic N) is 1. The molecule has 0 aliphatic rings. The van der Waals surface area contributed by atoms with Crippen molar-refractivity contribution in [3.63, 3.8) is 0 Å². The van der Waals surface area contributed by atoms with Gasteiger partial charge in [-0.2, -0.15) is 0 Å². The molecule has 0 aliphatic carbocycles. The summed E-state index contributed by atoms with van der Waals surface area (Å²) in [7, 11) is -1.35. The first-order chi connectivity index (χ1) is 12.8. The number of ether oxygens (including phenoxy) is 1. The Morgan fingerprint density at radius 3 is 2.63 bits per heavy atom. The van der Waals surface area contributed by atoms with Crippen molar-refractivity contribution in [3.8, 4) is 5.75 Å². The lowest BCUT2D eigenvalue weighted by atomic mass is 10.2. The highest BCUT2D eigenvalue weighted by molar-refractivity contribution is 7.89. The summed E-state index contributed by atoms with van der Waals surface area (Å²) in [6.07, 6.45) is 0.808. The van der Waals surface area contributed by atoms with E-state index in [0.29, 0.717) is 23.1 Å². The van der Waals surface area contributed by atoms with Crippen LogP contribution in [0.15, 0.2) is 47.4 Å². The van der Waals surface area contributed by atoms with Gasteiger partial charge in [-0.15, -0.1) is 0 Å². The van der Waals surface area contributed by atoms with Crippen molar-refractivity contribution in [1.82, 2.24) is 4.47 Å². The summed E-state index contributed by atoms with van der Waals surface area (Å²) in [5.74, 6) is -0.00627. The second kappa shape index (κ2) is 9.18. The predicted octanol–water partition coefficient (Wildman–Crippen LogP) is 3.56. The molecule has 27 heavy (non-hydrogen) atoms. The highest BCUT2D eigenvalue weighted by atomic mass is 35.5. The van der Waals surface area contributed by atoms with Gasteiger partial charge in [0, 0.05) is 17.6 Å². The van der Waals surface area contributed by atoms with Crippen molar-refractivity contribution in [2.75, 3.05) is 26.1 Å². The monoisotopic (exact) mass is 412 g/mol. The van der Waals surface area contributed by atoms with Crippen LogP contribution in [0.4, 0.5) is 5.69 Å². The van der Waals surface area contributed by atoms with Crippen LogP contribution in [-0.2, 0) is 14.9 Å². The van der Waals surface area contributed by atoms with Crippen LogP contribution < -0.4 is 10.1 Å². The third-order valence-corrected chi connectivity index (χ3v) is 5.55. The molecule has 0 atom stereocenters. The van der Waals surface area contributed by atoms with Gasteiger partial charge < -0.3 is 10.1 Å². The molecule has 0 heterocycles. The summed E-state index contributed by atoms with van der Waals surface area (Å²) in [6.45, 7) is 2.46. The van der Waals surface area contributed by atoms with Crippen LogP contribution >= 0.6 is 11.6 Å². The van der Waals surface area contributed by atoms with E-state index in [1.807, 2.05) is 6.92 Å². The van der Waals surface area contributed by atoms with E-state index in [9.17, 15) is 13.2 Å². The molecule has 0 radical (unpaired) electrons. The molecule has 0 saturated heterocycles. The highest BCUT2D eigenvalue weighted by Gasteiger charge is 2.22. The van der Waals surface area contributed by atoms with Crippen LogP contribution in [0.3, 0.4) is 0 Å². The number of sulfonamides is 1. The Hall–Kier alpha value is -2.13. The molecule has 0 aromatic heterocycles. The molecule has 2 aromatic rings. The molecule has 0 spiro atoms. The molecule has 146 valence electrons. The van der Waals surface area contributed by atoms with Crippen LogP contribution in [0.5, 0.6) is 5.75 Å². The van der Waals surface area contributed by atoms with Crippen LogP contribution in [0.1, 0.15) is 23.7 Å². The van der Waals surface area contributed by atoms with Crippen molar-refractivity contribution in [2.45, 2.75) is 18.2 Å². The molecule has 0 aliphatic heterocycles. The largest absolute Gasteiger partial charge is 0.491 e. The number of hydrogen-bond acceptors (Lipinski definition) is 5. The fourth-order valence-corrected chi connectivity index (χ4v) is 3.37. The van der Waals surface area contributed by atoms with Gasteiger partial charge in [0.05, 0.1) is 24.3 Å². The minimum atomic E-state index is -3.86. The van der Waals surface area contributed by atoms with E-state index >= 15 is 0 Å². The van der Waals surface area contributed by atoms with Crippen LogP contribution in [-0.4, -0.2) is 39.6 Å². The van der Waals surface area contributed by atoms with Crippen LogP contribution in [0.25, 0.3) is 0 Å².